The van der Waals surface area contributed by atoms with E-state index in [-0.39, 0.29) is 17.9 Å². The molecular formula is C12H23NO2. The van der Waals surface area contributed by atoms with Gasteiger partial charge in [-0.1, -0.05) is 6.92 Å². The fourth-order valence-electron chi connectivity index (χ4n) is 2.65. The zero-order valence-electron chi connectivity index (χ0n) is 10.5. The van der Waals surface area contributed by atoms with E-state index in [0.717, 1.165) is 6.42 Å². The van der Waals surface area contributed by atoms with Crippen molar-refractivity contribution < 1.29 is 9.53 Å². The van der Waals surface area contributed by atoms with Gasteiger partial charge in [0.25, 0.3) is 0 Å². The van der Waals surface area contributed by atoms with Crippen LogP contribution in [0.5, 0.6) is 0 Å². The molecule has 0 saturated carbocycles. The smallest absolute Gasteiger partial charge is 0.310 e. The van der Waals surface area contributed by atoms with E-state index in [1.165, 1.54) is 0 Å². The van der Waals surface area contributed by atoms with Crippen LogP contribution >= 0.6 is 0 Å². The number of esters is 1. The molecule has 15 heavy (non-hydrogen) atoms. The fourth-order valence-corrected chi connectivity index (χ4v) is 2.65. The third-order valence-corrected chi connectivity index (χ3v) is 3.74. The SMILES string of the molecule is CCOC(=O)C1C(C)CC(C)N(C)C1C. The molecule has 1 heterocycles. The van der Waals surface area contributed by atoms with Crippen LogP contribution in [0.1, 0.15) is 34.1 Å². The summed E-state index contributed by atoms with van der Waals surface area (Å²) < 4.78 is 5.14. The maximum absolute atomic E-state index is 11.8. The molecule has 4 atom stereocenters. The largest absolute Gasteiger partial charge is 0.466 e. The second kappa shape index (κ2) is 4.97. The first-order valence-electron chi connectivity index (χ1n) is 5.87. The molecule has 0 aliphatic carbocycles. The summed E-state index contributed by atoms with van der Waals surface area (Å²) in [7, 11) is 2.09. The maximum Gasteiger partial charge on any atom is 0.310 e. The number of likely N-dealkylation sites (tertiary alicyclic amines) is 1. The number of hydrogen-bond donors (Lipinski definition) is 0. The Morgan fingerprint density at radius 2 is 2.00 bits per heavy atom. The van der Waals surface area contributed by atoms with Gasteiger partial charge in [-0.15, -0.1) is 0 Å². The number of ether oxygens (including phenoxy) is 1. The minimum atomic E-state index is -0.0312. The third kappa shape index (κ3) is 2.51. The molecular weight excluding hydrogens is 190 g/mol. The summed E-state index contributed by atoms with van der Waals surface area (Å²) in [6, 6.07) is 0.837. The van der Waals surface area contributed by atoms with E-state index in [9.17, 15) is 4.79 Å². The second-order valence-corrected chi connectivity index (χ2v) is 4.75. The van der Waals surface area contributed by atoms with Gasteiger partial charge in [0.1, 0.15) is 0 Å². The molecule has 88 valence electrons. The van der Waals surface area contributed by atoms with E-state index in [4.69, 9.17) is 4.74 Å². The number of carbonyl (C=O) groups excluding carboxylic acids is 1. The van der Waals surface area contributed by atoms with E-state index in [1.807, 2.05) is 6.92 Å². The van der Waals surface area contributed by atoms with Gasteiger partial charge in [0, 0.05) is 12.1 Å². The van der Waals surface area contributed by atoms with E-state index >= 15 is 0 Å². The standard InChI is InChI=1S/C12H23NO2/c1-6-15-12(14)11-8(2)7-9(3)13(5)10(11)4/h8-11H,6-7H2,1-5H3. The molecule has 1 rings (SSSR count). The summed E-state index contributed by atoms with van der Waals surface area (Å²) in [4.78, 5) is 14.1. The highest BCUT2D eigenvalue weighted by atomic mass is 16.5. The molecule has 1 fully saturated rings. The highest BCUT2D eigenvalue weighted by molar-refractivity contribution is 5.73. The van der Waals surface area contributed by atoms with Crippen molar-refractivity contribution in [3.05, 3.63) is 0 Å². The molecule has 0 aromatic heterocycles. The van der Waals surface area contributed by atoms with Crippen molar-refractivity contribution in [1.29, 1.82) is 0 Å². The Bertz CT molecular complexity index is 230. The van der Waals surface area contributed by atoms with Crippen molar-refractivity contribution >= 4 is 5.97 Å². The molecule has 1 aliphatic heterocycles. The lowest BCUT2D eigenvalue weighted by molar-refractivity contribution is -0.155. The number of hydrogen-bond acceptors (Lipinski definition) is 3. The van der Waals surface area contributed by atoms with E-state index in [2.05, 4.69) is 32.7 Å². The quantitative estimate of drug-likeness (QED) is 0.656. The van der Waals surface area contributed by atoms with Crippen molar-refractivity contribution in [2.24, 2.45) is 11.8 Å². The Balaban J connectivity index is 2.73. The summed E-state index contributed by atoms with van der Waals surface area (Å²) in [5, 5.41) is 0. The lowest BCUT2D eigenvalue weighted by atomic mass is 9.79. The molecule has 0 aromatic carbocycles. The zero-order valence-corrected chi connectivity index (χ0v) is 10.5. The Morgan fingerprint density at radius 1 is 1.40 bits per heavy atom. The highest BCUT2D eigenvalue weighted by Gasteiger charge is 2.40. The minimum absolute atomic E-state index is 0.0312. The third-order valence-electron chi connectivity index (χ3n) is 3.74. The van der Waals surface area contributed by atoms with Crippen molar-refractivity contribution in [2.45, 2.75) is 46.2 Å². The number of nitrogens with zero attached hydrogens (tertiary/aromatic N) is 1. The van der Waals surface area contributed by atoms with Crippen molar-refractivity contribution in [2.75, 3.05) is 13.7 Å². The van der Waals surface area contributed by atoms with Gasteiger partial charge in [0.05, 0.1) is 12.5 Å². The normalized spacial score (nSPS) is 37.7. The second-order valence-electron chi connectivity index (χ2n) is 4.75. The fraction of sp³-hybridized carbons (Fsp3) is 0.917. The van der Waals surface area contributed by atoms with Crippen LogP contribution in [0.3, 0.4) is 0 Å². The first-order valence-corrected chi connectivity index (χ1v) is 5.87. The van der Waals surface area contributed by atoms with Crippen molar-refractivity contribution in [3.63, 3.8) is 0 Å². The van der Waals surface area contributed by atoms with Crippen LogP contribution in [0.4, 0.5) is 0 Å². The average Bonchev–Trinajstić information content (AvgIpc) is 2.15. The maximum atomic E-state index is 11.8. The first kappa shape index (κ1) is 12.5. The zero-order chi connectivity index (χ0) is 11.6. The minimum Gasteiger partial charge on any atom is -0.466 e. The first-order chi connectivity index (χ1) is 6.99. The molecule has 3 heteroatoms. The van der Waals surface area contributed by atoms with Crippen LogP contribution < -0.4 is 0 Å². The topological polar surface area (TPSA) is 29.5 Å². The summed E-state index contributed by atoms with van der Waals surface area (Å²) in [6.07, 6.45) is 1.07. The van der Waals surface area contributed by atoms with Crippen LogP contribution in [0.25, 0.3) is 0 Å². The Morgan fingerprint density at radius 3 is 2.53 bits per heavy atom. The van der Waals surface area contributed by atoms with Crippen LogP contribution in [0.2, 0.25) is 0 Å². The van der Waals surface area contributed by atoms with Crippen LogP contribution in [0, 0.1) is 11.8 Å². The number of rotatable bonds is 2. The monoisotopic (exact) mass is 213 g/mol. The summed E-state index contributed by atoms with van der Waals surface area (Å²) >= 11 is 0. The Hall–Kier alpha value is -0.570. The van der Waals surface area contributed by atoms with E-state index < -0.39 is 0 Å². The molecule has 0 spiro atoms. The molecule has 0 amide bonds. The van der Waals surface area contributed by atoms with Crippen LogP contribution in [-0.2, 0) is 9.53 Å². The van der Waals surface area contributed by atoms with Crippen LogP contribution in [-0.4, -0.2) is 36.6 Å². The molecule has 0 radical (unpaired) electrons. The predicted octanol–water partition coefficient (Wildman–Crippen LogP) is 1.91. The molecule has 1 aliphatic rings. The lowest BCUT2D eigenvalue weighted by Gasteiger charge is -2.43. The van der Waals surface area contributed by atoms with E-state index in [0.29, 0.717) is 18.6 Å². The Labute approximate surface area is 92.8 Å². The summed E-state index contributed by atoms with van der Waals surface area (Å²) in [5.74, 6) is 0.424. The van der Waals surface area contributed by atoms with Gasteiger partial charge >= 0.3 is 5.97 Å². The van der Waals surface area contributed by atoms with Gasteiger partial charge in [-0.3, -0.25) is 4.79 Å². The average molecular weight is 213 g/mol. The molecule has 0 aromatic rings. The molecule has 1 saturated heterocycles. The van der Waals surface area contributed by atoms with Gasteiger partial charge in [-0.2, -0.15) is 0 Å². The molecule has 4 unspecified atom stereocenters. The molecule has 0 N–H and O–H groups in total. The molecule has 3 nitrogen and oxygen atoms in total. The summed E-state index contributed by atoms with van der Waals surface area (Å²) in [6.45, 7) is 8.83. The highest BCUT2D eigenvalue weighted by Crippen LogP contribution is 2.32. The summed E-state index contributed by atoms with van der Waals surface area (Å²) in [5.41, 5.74) is 0. The van der Waals surface area contributed by atoms with Gasteiger partial charge in [0.15, 0.2) is 0 Å². The van der Waals surface area contributed by atoms with Gasteiger partial charge in [0.2, 0.25) is 0 Å². The lowest BCUT2D eigenvalue weighted by Crippen LogP contribution is -2.52. The van der Waals surface area contributed by atoms with Crippen LogP contribution in [0.15, 0.2) is 0 Å². The van der Waals surface area contributed by atoms with Gasteiger partial charge < -0.3 is 9.64 Å². The van der Waals surface area contributed by atoms with E-state index in [1.54, 1.807) is 0 Å². The van der Waals surface area contributed by atoms with Gasteiger partial charge in [-0.25, -0.2) is 0 Å². The predicted molar refractivity (Wildman–Crippen MR) is 60.6 cm³/mol. The van der Waals surface area contributed by atoms with Crippen molar-refractivity contribution in [1.82, 2.24) is 4.90 Å². The molecule has 0 bridgehead atoms. The number of carbonyl (C=O) groups is 1. The number of piperidine rings is 1. The van der Waals surface area contributed by atoms with Gasteiger partial charge in [-0.05, 0) is 40.2 Å². The Kier molecular flexibility index (Phi) is 4.14. The van der Waals surface area contributed by atoms with Crippen molar-refractivity contribution in [3.8, 4) is 0 Å².